The molecule has 6 aromatic carbocycles. The van der Waals surface area contributed by atoms with Crippen molar-refractivity contribution in [1.29, 1.82) is 0 Å². The fraction of sp³-hybridized carbons (Fsp3) is 0.636. The van der Waals surface area contributed by atoms with Gasteiger partial charge in [-0.05, 0) is 243 Å². The van der Waals surface area contributed by atoms with Crippen molar-refractivity contribution in [2.45, 2.75) is 301 Å². The van der Waals surface area contributed by atoms with Crippen LogP contribution < -0.4 is 28.4 Å². The van der Waals surface area contributed by atoms with E-state index in [-0.39, 0.29) is 0 Å². The maximum Gasteiger partial charge on any atom is 0.329 e. The third-order valence-electron chi connectivity index (χ3n) is 24.8. The number of aryl methyl sites for hydroxylation is 1. The van der Waals surface area contributed by atoms with Crippen molar-refractivity contribution in [3.63, 3.8) is 0 Å². The number of hydrogen-bond donors (Lipinski definition) is 10. The summed E-state index contributed by atoms with van der Waals surface area (Å²) < 4.78 is 93.8. The highest BCUT2D eigenvalue weighted by Gasteiger charge is 2.40. The quantitative estimate of drug-likeness (QED) is 0.0125. The summed E-state index contributed by atoms with van der Waals surface area (Å²) in [5, 5.41) is 0. The molecule has 0 aliphatic carbocycles. The SMILES string of the molecule is CCCCCCCCOc1c(Br)cc(CN2CCC(P(=O)(O)O)C2)cc1Br.CCCCCCCCOc1ccc(CN2CCC(P(=O)(O)O)C2)cc1.CCCCCCCCOc1ccc(CN2CCC(P(=O)(O)O)C2)cc1OCC.CCCCCCCCOc1cccc(CN2CCC(P(=O)(O)O)C2)c1.O=P(O)(O)C1CCN(Cc2ccc(OCCCCc3ccccc3)cc2)C1. The smallest absolute Gasteiger partial charge is 0.329 e. The summed E-state index contributed by atoms with van der Waals surface area (Å²) in [6.07, 6.45) is 35.8. The fourth-order valence-electron chi connectivity index (χ4n) is 17.0. The standard InChI is InChI=1S/C21H36NO5P.C21H28NO4P.C19H30Br2NO4P.2C19H32NO4P/c1-3-5-6-7-8-9-14-27-20-11-10-18(15-21(20)26-4-2)16-22-13-12-19(17-22)28(23,24)25;23-27(24,25)21-13-14-22(17-21)16-19-9-11-20(12-10-19)26-15-5-4-8-18-6-2-1-3-7-18;1-2-3-4-5-6-7-10-26-19-17(20)11-15(12-18(19)21)13-22-9-8-16(14-22)27(23,24)25;1-2-3-4-5-6-7-14-24-18-10-8-17(9-11-18)15-20-13-12-19(16-20)25(21,22)23;1-2-3-4-5-6-7-13-24-18-10-8-9-17(14-18)15-20-12-11-19(16-20)25(21,22)23/h10-11,15,19H,3-9,12-14,16-17H2,1-2H3,(H2,23,24,25);1-3,6-7,9-12,21H,4-5,8,13-17H2,(H2,23,24,25);11-12,16H,2-10,13-14H2,1H3,(H2,23,24,25);8-11,19H,2-7,12-16H2,1H3,(H2,21,22,23);8-10,14,19H,2-7,11-13,15-16H2,1H3,(H2,21,22,23). The molecule has 5 atom stereocenters. The zero-order valence-corrected chi connectivity index (χ0v) is 86.9. The predicted molar refractivity (Wildman–Crippen MR) is 538 cm³/mol. The lowest BCUT2D eigenvalue weighted by molar-refractivity contribution is 0.269. The topological polar surface area (TPSA) is 359 Å². The zero-order valence-electron chi connectivity index (χ0n) is 79.3. The van der Waals surface area contributed by atoms with Crippen LogP contribution >= 0.6 is 69.8 Å². The van der Waals surface area contributed by atoms with Crippen LogP contribution in [0.3, 0.4) is 0 Å². The average molecular weight is 2070 g/mol. The Kier molecular flexibility index (Phi) is 54.4. The molecule has 10 N–H and O–H groups in total. The second-order valence-electron chi connectivity index (χ2n) is 36.1. The molecule has 6 aromatic rings. The molecule has 0 saturated carbocycles. The van der Waals surface area contributed by atoms with E-state index < -0.39 is 66.3 Å². The van der Waals surface area contributed by atoms with Crippen LogP contribution in [0.1, 0.15) is 267 Å². The number of hydrogen-bond acceptors (Lipinski definition) is 16. The van der Waals surface area contributed by atoms with Crippen LogP contribution in [-0.4, -0.2) is 207 Å². The summed E-state index contributed by atoms with van der Waals surface area (Å²) in [4.78, 5) is 104. The zero-order chi connectivity index (χ0) is 95.6. The van der Waals surface area contributed by atoms with Gasteiger partial charge in [0, 0.05) is 65.4 Å². The normalized spacial score (nSPS) is 18.2. The van der Waals surface area contributed by atoms with Crippen LogP contribution in [0.15, 0.2) is 142 Å². The molecule has 5 aliphatic rings. The molecule has 5 heterocycles. The van der Waals surface area contributed by atoms with Gasteiger partial charge in [-0.2, -0.15) is 0 Å². The van der Waals surface area contributed by atoms with E-state index in [1.165, 1.54) is 134 Å². The van der Waals surface area contributed by atoms with Crippen molar-refractivity contribution < 1.29 is 100 Å². The van der Waals surface area contributed by atoms with Gasteiger partial charge < -0.3 is 77.4 Å². The minimum absolute atomic E-state index is 0.435. The molecule has 5 fully saturated rings. The van der Waals surface area contributed by atoms with Crippen LogP contribution in [0.25, 0.3) is 0 Å². The minimum Gasteiger partial charge on any atom is -0.494 e. The van der Waals surface area contributed by atoms with Crippen molar-refractivity contribution in [3.8, 4) is 34.5 Å². The molecule has 11 rings (SSSR count). The molecule has 0 amide bonds. The summed E-state index contributed by atoms with van der Waals surface area (Å²) in [5.74, 6) is 4.99. The molecule has 26 nitrogen and oxygen atoms in total. The number of halogens is 2. The largest absolute Gasteiger partial charge is 0.494 e. The molecule has 132 heavy (non-hydrogen) atoms. The Hall–Kier alpha value is -4.37. The molecular weight excluding hydrogens is 1910 g/mol. The number of ether oxygens (including phenoxy) is 6. The highest BCUT2D eigenvalue weighted by atomic mass is 79.9. The van der Waals surface area contributed by atoms with E-state index in [4.69, 9.17) is 28.4 Å². The van der Waals surface area contributed by atoms with Crippen LogP contribution in [-0.2, 0) is 62.0 Å². The van der Waals surface area contributed by atoms with Gasteiger partial charge in [0.05, 0.1) is 76.9 Å². The van der Waals surface area contributed by atoms with Crippen molar-refractivity contribution in [2.24, 2.45) is 0 Å². The number of nitrogens with zero attached hydrogens (tertiary/aromatic N) is 5. The fourth-order valence-corrected chi connectivity index (χ4v) is 23.0. The summed E-state index contributed by atoms with van der Waals surface area (Å²) in [5.41, 5.74) is 4.33. The molecule has 33 heteroatoms. The molecule has 0 spiro atoms. The second-order valence-corrected chi connectivity index (χ2v) is 47.4. The van der Waals surface area contributed by atoms with Crippen molar-refractivity contribution in [2.75, 3.05) is 105 Å². The number of rotatable bonds is 55. The van der Waals surface area contributed by atoms with Gasteiger partial charge in [-0.3, -0.25) is 47.3 Å². The number of benzene rings is 6. The molecule has 5 aliphatic heterocycles. The van der Waals surface area contributed by atoms with E-state index in [2.05, 4.69) is 108 Å². The summed E-state index contributed by atoms with van der Waals surface area (Å²) in [6.45, 7) is 24.4. The van der Waals surface area contributed by atoms with E-state index >= 15 is 0 Å². The Morgan fingerprint density at radius 3 is 0.939 bits per heavy atom. The summed E-state index contributed by atoms with van der Waals surface area (Å²) >= 11 is 7.19. The van der Waals surface area contributed by atoms with Gasteiger partial charge in [-0.15, -0.1) is 0 Å². The Balaban J connectivity index is 0.000000226. The van der Waals surface area contributed by atoms with Crippen LogP contribution in [0.5, 0.6) is 34.5 Å². The van der Waals surface area contributed by atoms with Gasteiger partial charge in [0.15, 0.2) is 11.5 Å². The lowest BCUT2D eigenvalue weighted by Gasteiger charge is -2.18. The molecule has 744 valence electrons. The minimum atomic E-state index is -3.99. The van der Waals surface area contributed by atoms with Crippen LogP contribution in [0.2, 0.25) is 0 Å². The Labute approximate surface area is 805 Å². The lowest BCUT2D eigenvalue weighted by Crippen LogP contribution is -2.21. The van der Waals surface area contributed by atoms with E-state index in [1.807, 2.05) is 116 Å². The van der Waals surface area contributed by atoms with Gasteiger partial charge in [0.1, 0.15) is 23.0 Å². The first-order valence-electron chi connectivity index (χ1n) is 48.8. The first-order chi connectivity index (χ1) is 63.2. The third kappa shape index (κ3) is 46.6. The summed E-state index contributed by atoms with van der Waals surface area (Å²) in [7, 11) is -19.9. The maximum atomic E-state index is 11.4. The van der Waals surface area contributed by atoms with Gasteiger partial charge in [0.25, 0.3) is 0 Å². The van der Waals surface area contributed by atoms with Gasteiger partial charge in [-0.25, -0.2) is 0 Å². The second kappa shape index (κ2) is 62.6. The van der Waals surface area contributed by atoms with E-state index in [0.717, 1.165) is 156 Å². The lowest BCUT2D eigenvalue weighted by atomic mass is 10.1. The third-order valence-corrected chi connectivity index (χ3v) is 32.8. The summed E-state index contributed by atoms with van der Waals surface area (Å²) in [6, 6.07) is 44.6. The molecule has 5 saturated heterocycles. The highest BCUT2D eigenvalue weighted by molar-refractivity contribution is 9.11. The van der Waals surface area contributed by atoms with Gasteiger partial charge >= 0.3 is 38.0 Å². The molecule has 0 aromatic heterocycles. The maximum absolute atomic E-state index is 11.4. The highest BCUT2D eigenvalue weighted by Crippen LogP contribution is 2.50. The van der Waals surface area contributed by atoms with Crippen molar-refractivity contribution in [1.82, 2.24) is 24.5 Å². The first-order valence-corrected chi connectivity index (χ1v) is 58.8. The van der Waals surface area contributed by atoms with E-state index in [9.17, 15) is 71.8 Å². The van der Waals surface area contributed by atoms with Crippen LogP contribution in [0.4, 0.5) is 0 Å². The average Bonchev–Trinajstić information content (AvgIpc) is 1.52. The van der Waals surface area contributed by atoms with Gasteiger partial charge in [-0.1, -0.05) is 229 Å². The van der Waals surface area contributed by atoms with Gasteiger partial charge in [0.2, 0.25) is 0 Å². The first kappa shape index (κ1) is 115. The van der Waals surface area contributed by atoms with Crippen molar-refractivity contribution >= 4 is 69.8 Å². The monoisotopic (exact) mass is 2070 g/mol. The molecule has 5 unspecified atom stereocenters. The molecule has 0 radical (unpaired) electrons. The predicted octanol–water partition coefficient (Wildman–Crippen LogP) is 22.5. The Bertz CT molecular complexity index is 4390. The van der Waals surface area contributed by atoms with Crippen LogP contribution in [0, 0.1) is 0 Å². The van der Waals surface area contributed by atoms with E-state index in [0.29, 0.717) is 131 Å². The van der Waals surface area contributed by atoms with E-state index in [1.54, 1.807) is 0 Å². The molecule has 0 bridgehead atoms. The number of unbranched alkanes of at least 4 members (excludes halogenated alkanes) is 21. The number of likely N-dealkylation sites (tertiary alicyclic amines) is 5. The Morgan fingerprint density at radius 1 is 0.280 bits per heavy atom. The Morgan fingerprint density at radius 2 is 0.583 bits per heavy atom. The van der Waals surface area contributed by atoms with Crippen molar-refractivity contribution in [3.05, 3.63) is 176 Å². The molecular formula is C99H158Br2N5O21P5.